The molecule has 0 fully saturated rings. The molecule has 4 heteroatoms. The highest BCUT2D eigenvalue weighted by molar-refractivity contribution is 6.13. The quantitative estimate of drug-likeness (QED) is 0.203. The molecule has 1 unspecified atom stereocenters. The number of fused-ring (bicyclic) bond motifs is 1. The standard InChI is InChI=1S/C44H30N4/c45-29-39-13-7-8-14-41(39)33-21-15-30(16-22-33)37-25-19-32-20-26-38(28-40(32)27-37)31-17-23-36(24-18-31)44-47-42(34-9-3-1-4-10-34)46-43(48-44)35-11-5-2-6-12-35/h1-28,42H,(H,46,47,48). The average Bonchev–Trinajstić information content (AvgIpc) is 3.18. The molecule has 0 saturated heterocycles. The lowest BCUT2D eigenvalue weighted by Gasteiger charge is -2.23. The molecule has 7 aromatic carbocycles. The summed E-state index contributed by atoms with van der Waals surface area (Å²) in [5, 5.41) is 15.4. The number of nitrogens with zero attached hydrogens (tertiary/aromatic N) is 3. The number of hydrogen-bond acceptors (Lipinski definition) is 4. The molecular formula is C44H30N4. The van der Waals surface area contributed by atoms with Crippen molar-refractivity contribution in [2.45, 2.75) is 6.17 Å². The number of amidine groups is 2. The van der Waals surface area contributed by atoms with Crippen LogP contribution in [0.15, 0.2) is 180 Å². The van der Waals surface area contributed by atoms with Crippen LogP contribution in [0.3, 0.4) is 0 Å². The third kappa shape index (κ3) is 5.77. The van der Waals surface area contributed by atoms with Crippen molar-refractivity contribution in [3.8, 4) is 39.4 Å². The van der Waals surface area contributed by atoms with Gasteiger partial charge in [0.05, 0.1) is 11.6 Å². The van der Waals surface area contributed by atoms with E-state index in [0.29, 0.717) is 11.4 Å². The highest BCUT2D eigenvalue weighted by Crippen LogP contribution is 2.31. The van der Waals surface area contributed by atoms with Gasteiger partial charge in [-0.05, 0) is 67.9 Å². The molecule has 0 aromatic heterocycles. The molecule has 1 atom stereocenters. The normalized spacial score (nSPS) is 14.0. The minimum atomic E-state index is -0.229. The summed E-state index contributed by atoms with van der Waals surface area (Å²) in [6, 6.07) is 60.7. The maximum Gasteiger partial charge on any atom is 0.159 e. The van der Waals surface area contributed by atoms with Crippen LogP contribution in [0.4, 0.5) is 0 Å². The average molecular weight is 615 g/mol. The second kappa shape index (κ2) is 12.7. The Morgan fingerprint density at radius 3 is 1.67 bits per heavy atom. The van der Waals surface area contributed by atoms with Crippen LogP contribution in [0.1, 0.15) is 28.4 Å². The van der Waals surface area contributed by atoms with E-state index in [1.54, 1.807) is 0 Å². The van der Waals surface area contributed by atoms with Crippen molar-refractivity contribution in [2.75, 3.05) is 0 Å². The van der Waals surface area contributed by atoms with Gasteiger partial charge in [-0.3, -0.25) is 0 Å². The maximum atomic E-state index is 9.53. The molecule has 1 N–H and O–H groups in total. The van der Waals surface area contributed by atoms with Gasteiger partial charge in [-0.25, -0.2) is 9.98 Å². The molecule has 1 aliphatic heterocycles. The summed E-state index contributed by atoms with van der Waals surface area (Å²) in [5.74, 6) is 1.52. The van der Waals surface area contributed by atoms with E-state index < -0.39 is 0 Å². The number of benzene rings is 7. The van der Waals surface area contributed by atoms with Gasteiger partial charge in [0.15, 0.2) is 5.84 Å². The predicted octanol–water partition coefficient (Wildman–Crippen LogP) is 10.2. The number of rotatable bonds is 6. The van der Waals surface area contributed by atoms with E-state index in [0.717, 1.165) is 55.9 Å². The van der Waals surface area contributed by atoms with E-state index in [4.69, 9.17) is 9.98 Å². The zero-order valence-corrected chi connectivity index (χ0v) is 26.1. The maximum absolute atomic E-state index is 9.53. The smallest absolute Gasteiger partial charge is 0.159 e. The molecular weight excluding hydrogens is 585 g/mol. The van der Waals surface area contributed by atoms with Crippen LogP contribution in [0, 0.1) is 11.3 Å². The fourth-order valence-electron chi connectivity index (χ4n) is 6.22. The minimum absolute atomic E-state index is 0.229. The van der Waals surface area contributed by atoms with E-state index in [2.05, 4.69) is 121 Å². The van der Waals surface area contributed by atoms with Gasteiger partial charge < -0.3 is 5.32 Å². The summed E-state index contributed by atoms with van der Waals surface area (Å²) in [7, 11) is 0. The number of nitriles is 1. The van der Waals surface area contributed by atoms with Gasteiger partial charge in [0.1, 0.15) is 12.0 Å². The van der Waals surface area contributed by atoms with E-state index >= 15 is 0 Å². The highest BCUT2D eigenvalue weighted by Gasteiger charge is 2.20. The van der Waals surface area contributed by atoms with Crippen molar-refractivity contribution in [1.29, 1.82) is 5.26 Å². The van der Waals surface area contributed by atoms with Gasteiger partial charge in [0.25, 0.3) is 0 Å². The molecule has 1 aliphatic rings. The fourth-order valence-corrected chi connectivity index (χ4v) is 6.22. The summed E-state index contributed by atoms with van der Waals surface area (Å²) in [6.45, 7) is 0. The summed E-state index contributed by atoms with van der Waals surface area (Å²) >= 11 is 0. The van der Waals surface area contributed by atoms with Crippen LogP contribution in [0.25, 0.3) is 44.2 Å². The van der Waals surface area contributed by atoms with Crippen molar-refractivity contribution >= 4 is 22.4 Å². The van der Waals surface area contributed by atoms with Crippen molar-refractivity contribution < 1.29 is 0 Å². The molecule has 8 rings (SSSR count). The van der Waals surface area contributed by atoms with Crippen LogP contribution in [-0.2, 0) is 0 Å². The van der Waals surface area contributed by atoms with Crippen LogP contribution in [-0.4, -0.2) is 11.7 Å². The lowest BCUT2D eigenvalue weighted by Crippen LogP contribution is -2.33. The molecule has 4 nitrogen and oxygen atoms in total. The lowest BCUT2D eigenvalue weighted by atomic mass is 9.95. The fraction of sp³-hybridized carbons (Fsp3) is 0.0227. The molecule has 7 aromatic rings. The van der Waals surface area contributed by atoms with Gasteiger partial charge in [-0.2, -0.15) is 5.26 Å². The summed E-state index contributed by atoms with van der Waals surface area (Å²) in [6.07, 6.45) is -0.229. The first kappa shape index (κ1) is 28.9. The van der Waals surface area contributed by atoms with Gasteiger partial charge in [-0.1, -0.05) is 152 Å². The van der Waals surface area contributed by atoms with E-state index in [9.17, 15) is 5.26 Å². The van der Waals surface area contributed by atoms with E-state index in [1.807, 2.05) is 60.7 Å². The first-order valence-corrected chi connectivity index (χ1v) is 16.0. The first-order chi connectivity index (χ1) is 23.7. The topological polar surface area (TPSA) is 60.5 Å². The van der Waals surface area contributed by atoms with Gasteiger partial charge in [-0.15, -0.1) is 0 Å². The number of aliphatic imine (C=N–C) groups is 2. The molecule has 48 heavy (non-hydrogen) atoms. The second-order valence-electron chi connectivity index (χ2n) is 11.8. The molecule has 226 valence electrons. The van der Waals surface area contributed by atoms with Gasteiger partial charge in [0.2, 0.25) is 0 Å². The molecule has 0 spiro atoms. The Morgan fingerprint density at radius 1 is 0.479 bits per heavy atom. The Kier molecular flexibility index (Phi) is 7.62. The Balaban J connectivity index is 1.08. The molecule has 1 heterocycles. The highest BCUT2D eigenvalue weighted by atomic mass is 15.2. The Hall–Kier alpha value is -6.57. The first-order valence-electron chi connectivity index (χ1n) is 16.0. The summed E-state index contributed by atoms with van der Waals surface area (Å²) in [4.78, 5) is 9.97. The number of nitrogens with one attached hydrogen (secondary N) is 1. The largest absolute Gasteiger partial charge is 0.344 e. The van der Waals surface area contributed by atoms with Crippen molar-refractivity contribution in [3.63, 3.8) is 0 Å². The molecule has 0 aliphatic carbocycles. The zero-order valence-electron chi connectivity index (χ0n) is 26.1. The van der Waals surface area contributed by atoms with Gasteiger partial charge >= 0.3 is 0 Å². The van der Waals surface area contributed by atoms with Crippen molar-refractivity contribution in [2.24, 2.45) is 9.98 Å². The van der Waals surface area contributed by atoms with Crippen LogP contribution in [0.2, 0.25) is 0 Å². The summed E-state index contributed by atoms with van der Waals surface area (Å²) in [5.41, 5.74) is 10.3. The monoisotopic (exact) mass is 614 g/mol. The molecule has 0 saturated carbocycles. The Morgan fingerprint density at radius 2 is 1.02 bits per heavy atom. The number of hydrogen-bond donors (Lipinski definition) is 1. The van der Waals surface area contributed by atoms with Crippen molar-refractivity contribution in [3.05, 3.63) is 192 Å². The van der Waals surface area contributed by atoms with Gasteiger partial charge in [0, 0.05) is 11.1 Å². The lowest BCUT2D eigenvalue weighted by molar-refractivity contribution is 0.674. The summed E-state index contributed by atoms with van der Waals surface area (Å²) < 4.78 is 0. The van der Waals surface area contributed by atoms with Crippen LogP contribution < -0.4 is 5.32 Å². The third-order valence-electron chi connectivity index (χ3n) is 8.80. The van der Waals surface area contributed by atoms with E-state index in [-0.39, 0.29) is 6.17 Å². The third-order valence-corrected chi connectivity index (χ3v) is 8.80. The van der Waals surface area contributed by atoms with E-state index in [1.165, 1.54) is 10.8 Å². The molecule has 0 amide bonds. The van der Waals surface area contributed by atoms with Crippen LogP contribution in [0.5, 0.6) is 0 Å². The molecule has 0 bridgehead atoms. The minimum Gasteiger partial charge on any atom is -0.344 e. The second-order valence-corrected chi connectivity index (χ2v) is 11.8. The predicted molar refractivity (Wildman–Crippen MR) is 197 cm³/mol. The molecule has 0 radical (unpaired) electrons. The SMILES string of the molecule is N#Cc1ccccc1-c1ccc(-c2ccc3ccc(-c4ccc(C5=NC(c6ccccc6)NC(c6ccccc6)=N5)cc4)cc3c2)cc1. The van der Waals surface area contributed by atoms with Crippen LogP contribution >= 0.6 is 0 Å². The van der Waals surface area contributed by atoms with Crippen molar-refractivity contribution in [1.82, 2.24) is 5.32 Å². The zero-order chi connectivity index (χ0) is 32.3. The Labute approximate surface area is 280 Å². The Bertz CT molecular complexity index is 2350.